The third kappa shape index (κ3) is 6.78. The van der Waals surface area contributed by atoms with Crippen LogP contribution >= 0.6 is 0 Å². The molecule has 0 saturated carbocycles. The molecule has 0 N–H and O–H groups in total. The molecule has 41 heavy (non-hydrogen) atoms. The van der Waals surface area contributed by atoms with Crippen LogP contribution in [0.4, 0.5) is 18.9 Å². The van der Waals surface area contributed by atoms with Crippen LogP contribution in [0, 0.1) is 34.5 Å². The molecule has 2 aromatic rings. The van der Waals surface area contributed by atoms with E-state index in [1.807, 2.05) is 37.3 Å². The summed E-state index contributed by atoms with van der Waals surface area (Å²) in [4.78, 5) is 28.6. The number of alkyl halides is 3. The van der Waals surface area contributed by atoms with Gasteiger partial charge in [0.2, 0.25) is 11.8 Å². The Morgan fingerprint density at radius 2 is 1.68 bits per heavy atom. The predicted molar refractivity (Wildman–Crippen MR) is 145 cm³/mol. The molecule has 0 spiro atoms. The first-order chi connectivity index (χ1) is 19.3. The molecule has 2 aromatic carbocycles. The summed E-state index contributed by atoms with van der Waals surface area (Å²) in [5.41, 5.74) is -3.53. The molecule has 3 rings (SSSR count). The fourth-order valence-electron chi connectivity index (χ4n) is 5.28. The summed E-state index contributed by atoms with van der Waals surface area (Å²) in [7, 11) is 0. The van der Waals surface area contributed by atoms with Crippen LogP contribution in [-0.4, -0.2) is 29.6 Å². The van der Waals surface area contributed by atoms with Gasteiger partial charge in [-0.2, -0.15) is 23.7 Å². The first-order valence-electron chi connectivity index (χ1n) is 13.5. The number of ether oxygens (including phenoxy) is 2. The molecule has 10 heteroatoms. The van der Waals surface area contributed by atoms with Crippen molar-refractivity contribution in [2.75, 3.05) is 11.5 Å². The molecule has 218 valence electrons. The smallest absolute Gasteiger partial charge is 0.377 e. The van der Waals surface area contributed by atoms with Crippen molar-refractivity contribution >= 4 is 17.5 Å². The van der Waals surface area contributed by atoms with Crippen LogP contribution < -0.4 is 4.90 Å². The molecule has 0 radical (unpaired) electrons. The lowest BCUT2D eigenvalue weighted by molar-refractivity contribution is -0.209. The van der Waals surface area contributed by atoms with E-state index >= 15 is 0 Å². The van der Waals surface area contributed by atoms with Crippen molar-refractivity contribution in [3.8, 4) is 12.1 Å². The summed E-state index contributed by atoms with van der Waals surface area (Å²) in [5.74, 6) is -3.42. The second-order valence-electron chi connectivity index (χ2n) is 10.6. The van der Waals surface area contributed by atoms with Gasteiger partial charge in [-0.1, -0.05) is 51.1 Å². The van der Waals surface area contributed by atoms with Gasteiger partial charge in [-0.3, -0.25) is 9.59 Å². The molecule has 7 nitrogen and oxygen atoms in total. The number of anilines is 1. The largest absolute Gasteiger partial charge is 0.417 e. The second kappa shape index (κ2) is 12.8. The molecule has 0 aromatic heterocycles. The highest BCUT2D eigenvalue weighted by atomic mass is 19.4. The summed E-state index contributed by atoms with van der Waals surface area (Å²) in [6, 6.07) is 15.9. The Hall–Kier alpha value is -3.73. The lowest BCUT2D eigenvalue weighted by atomic mass is 9.76. The number of carbonyl (C=O) groups excluding carboxylic acids is 2. The third-order valence-electron chi connectivity index (χ3n) is 8.12. The van der Waals surface area contributed by atoms with Crippen LogP contribution in [0.2, 0.25) is 0 Å². The summed E-state index contributed by atoms with van der Waals surface area (Å²) in [6.07, 6.45) is -4.05. The average Bonchev–Trinajstić information content (AvgIpc) is 2.96. The molecular weight excluding hydrogens is 535 g/mol. The van der Waals surface area contributed by atoms with E-state index in [2.05, 4.69) is 6.07 Å². The minimum absolute atomic E-state index is 0.0729. The van der Waals surface area contributed by atoms with Crippen molar-refractivity contribution < 1.29 is 32.2 Å². The molecule has 4 atom stereocenters. The molecule has 0 aliphatic carbocycles. The number of hydrogen-bond donors (Lipinski definition) is 0. The zero-order valence-electron chi connectivity index (χ0n) is 23.6. The van der Waals surface area contributed by atoms with Crippen molar-refractivity contribution in [1.29, 1.82) is 10.5 Å². The second-order valence-corrected chi connectivity index (χ2v) is 10.6. The van der Waals surface area contributed by atoms with Crippen LogP contribution in [0.3, 0.4) is 0 Å². The Labute approximate surface area is 238 Å². The lowest BCUT2D eigenvalue weighted by Gasteiger charge is -2.50. The highest BCUT2D eigenvalue weighted by Crippen LogP contribution is 2.44. The normalized spacial score (nSPS) is 25.2. The first-order valence-corrected chi connectivity index (χ1v) is 13.5. The number of imide groups is 1. The van der Waals surface area contributed by atoms with Crippen LogP contribution in [-0.2, 0) is 31.8 Å². The molecule has 1 aliphatic rings. The summed E-state index contributed by atoms with van der Waals surface area (Å²) in [6.45, 7) is 7.24. The number of benzene rings is 2. The average molecular weight is 570 g/mol. The number of nitrogens with zero attached hydrogens (tertiary/aromatic N) is 3. The number of hydrogen-bond acceptors (Lipinski definition) is 6. The van der Waals surface area contributed by atoms with Crippen molar-refractivity contribution in [1.82, 2.24) is 0 Å². The van der Waals surface area contributed by atoms with E-state index in [-0.39, 0.29) is 31.6 Å². The van der Waals surface area contributed by atoms with Crippen LogP contribution in [0.25, 0.3) is 0 Å². The van der Waals surface area contributed by atoms with Crippen LogP contribution in [0.5, 0.6) is 0 Å². The summed E-state index contributed by atoms with van der Waals surface area (Å²) in [5, 5.41) is 18.6. The van der Waals surface area contributed by atoms with Gasteiger partial charge in [0.15, 0.2) is 0 Å². The van der Waals surface area contributed by atoms with E-state index in [9.17, 15) is 33.3 Å². The van der Waals surface area contributed by atoms with E-state index in [0.29, 0.717) is 19.1 Å². The molecule has 1 aliphatic heterocycles. The van der Waals surface area contributed by atoms with Gasteiger partial charge in [0.05, 0.1) is 58.6 Å². The molecule has 1 fully saturated rings. The maximum atomic E-state index is 13.9. The van der Waals surface area contributed by atoms with Crippen molar-refractivity contribution in [3.63, 3.8) is 0 Å². The minimum atomic E-state index is -4.87. The van der Waals surface area contributed by atoms with E-state index in [0.717, 1.165) is 16.5 Å². The number of amides is 2. The van der Waals surface area contributed by atoms with Crippen LogP contribution in [0.15, 0.2) is 48.5 Å². The molecule has 2 amide bonds. The first kappa shape index (κ1) is 31.8. The van der Waals surface area contributed by atoms with E-state index < -0.39 is 52.2 Å². The van der Waals surface area contributed by atoms with Crippen molar-refractivity contribution in [2.24, 2.45) is 11.8 Å². The quantitative estimate of drug-likeness (QED) is 0.250. The third-order valence-corrected chi connectivity index (χ3v) is 8.12. The SMILES string of the molecule is CCC1(CCC#N)OC(C)(CCOCc2ccccc2)C(C)C(=O)N(c2ccc(C#N)c(C(F)(F)F)c2)C(=O)C1C. The minimum Gasteiger partial charge on any atom is -0.377 e. The molecule has 1 saturated heterocycles. The van der Waals surface area contributed by atoms with Gasteiger partial charge >= 0.3 is 6.18 Å². The molecule has 0 bridgehead atoms. The Balaban J connectivity index is 2.06. The van der Waals surface area contributed by atoms with E-state index in [1.165, 1.54) is 12.1 Å². The Kier molecular flexibility index (Phi) is 9.96. The standard InChI is InChI=1S/C31H34F3N3O4/c1-5-30(14-9-16-35)22(3)28(39)37(25-13-12-24(19-36)26(18-25)31(32,33)34)27(38)21(2)29(4,41-30)15-17-40-20-23-10-7-6-8-11-23/h6-8,10-13,18,21-22H,5,9,14-15,17,20H2,1-4H3. The fraction of sp³-hybridized carbons (Fsp3) is 0.484. The highest BCUT2D eigenvalue weighted by molar-refractivity contribution is 6.17. The number of carbonyl (C=O) groups is 2. The molecular formula is C31H34F3N3O4. The van der Waals surface area contributed by atoms with Gasteiger partial charge in [-0.15, -0.1) is 0 Å². The van der Waals surface area contributed by atoms with Gasteiger partial charge in [-0.05, 0) is 43.5 Å². The van der Waals surface area contributed by atoms with Crippen LogP contribution in [0.1, 0.15) is 70.1 Å². The maximum Gasteiger partial charge on any atom is 0.417 e. The number of rotatable bonds is 9. The molecule has 4 unspecified atom stereocenters. The summed E-state index contributed by atoms with van der Waals surface area (Å²) >= 11 is 0. The topological polar surface area (TPSA) is 103 Å². The maximum absolute atomic E-state index is 13.9. The zero-order chi connectivity index (χ0) is 30.4. The van der Waals surface area contributed by atoms with Gasteiger partial charge < -0.3 is 9.47 Å². The van der Waals surface area contributed by atoms with Crippen molar-refractivity contribution in [3.05, 3.63) is 65.2 Å². The lowest BCUT2D eigenvalue weighted by Crippen LogP contribution is -2.61. The summed E-state index contributed by atoms with van der Waals surface area (Å²) < 4.78 is 54.0. The molecule has 1 heterocycles. The predicted octanol–water partition coefficient (Wildman–Crippen LogP) is 6.56. The monoisotopic (exact) mass is 569 g/mol. The van der Waals surface area contributed by atoms with Gasteiger partial charge in [0.1, 0.15) is 0 Å². The van der Waals surface area contributed by atoms with Gasteiger partial charge in [0, 0.05) is 19.4 Å². The number of halogens is 3. The Bertz CT molecular complexity index is 1330. The van der Waals surface area contributed by atoms with Crippen molar-refractivity contribution in [2.45, 2.75) is 77.4 Å². The highest BCUT2D eigenvalue weighted by Gasteiger charge is 2.53. The fourth-order valence-corrected chi connectivity index (χ4v) is 5.28. The Morgan fingerprint density at radius 1 is 1.02 bits per heavy atom. The van der Waals surface area contributed by atoms with Gasteiger partial charge in [-0.25, -0.2) is 4.90 Å². The van der Waals surface area contributed by atoms with E-state index in [4.69, 9.17) is 9.47 Å². The van der Waals surface area contributed by atoms with E-state index in [1.54, 1.807) is 20.8 Å². The Morgan fingerprint density at radius 3 is 2.27 bits per heavy atom. The van der Waals surface area contributed by atoms with Gasteiger partial charge in [0.25, 0.3) is 0 Å². The zero-order valence-corrected chi connectivity index (χ0v) is 23.6. The number of nitriles is 2.